The third-order valence-corrected chi connectivity index (χ3v) is 4.46. The van der Waals surface area contributed by atoms with Gasteiger partial charge in [0.05, 0.1) is 5.52 Å². The molecule has 0 saturated heterocycles. The number of sulfone groups is 1. The van der Waals surface area contributed by atoms with Gasteiger partial charge in [0.15, 0.2) is 5.69 Å². The summed E-state index contributed by atoms with van der Waals surface area (Å²) in [5.41, 5.74) is 0.189. The molecule has 0 fully saturated rings. The third-order valence-electron chi connectivity index (χ3n) is 3.51. The van der Waals surface area contributed by atoms with Crippen molar-refractivity contribution in [1.82, 2.24) is 14.7 Å². The number of carbonyl (C=O) groups is 2. The Morgan fingerprint density at radius 3 is 2.67 bits per heavy atom. The Bertz CT molecular complexity index is 872. The Morgan fingerprint density at radius 2 is 2.08 bits per heavy atom. The van der Waals surface area contributed by atoms with E-state index in [1.807, 2.05) is 6.92 Å². The minimum atomic E-state index is -3.65. The highest BCUT2D eigenvalue weighted by atomic mass is 32.2. The lowest BCUT2D eigenvalue weighted by molar-refractivity contribution is -0.139. The molecule has 0 aliphatic rings. The largest absolute Gasteiger partial charge is 0.480 e. The third kappa shape index (κ3) is 3.73. The number of pyridine rings is 1. The summed E-state index contributed by atoms with van der Waals surface area (Å²) in [7, 11) is -3.65. The second-order valence-electron chi connectivity index (χ2n) is 5.48. The lowest BCUT2D eigenvalue weighted by Crippen LogP contribution is -2.41. The quantitative estimate of drug-likeness (QED) is 0.770. The number of carboxylic acid groups (broad SMARTS) is 1. The molecule has 2 aromatic rings. The van der Waals surface area contributed by atoms with Crippen LogP contribution in [0.2, 0.25) is 0 Å². The number of imidazole rings is 1. The predicted octanol–water partition coefficient (Wildman–Crippen LogP) is 1.11. The van der Waals surface area contributed by atoms with Crippen molar-refractivity contribution in [3.63, 3.8) is 0 Å². The van der Waals surface area contributed by atoms with Crippen molar-refractivity contribution >= 4 is 27.2 Å². The van der Waals surface area contributed by atoms with Gasteiger partial charge in [-0.2, -0.15) is 0 Å². The summed E-state index contributed by atoms with van der Waals surface area (Å²) in [6, 6.07) is 3.77. The van der Waals surface area contributed by atoms with Gasteiger partial charge in [0.25, 0.3) is 5.91 Å². The van der Waals surface area contributed by atoms with Crippen LogP contribution in [-0.2, 0) is 14.6 Å². The highest BCUT2D eigenvalue weighted by molar-refractivity contribution is 7.90. The standard InChI is InChI=1S/C15H19N3O5S/c1-3-4-7-10(14(20)21)16-13(19)12-11-8-5-6-9-18(11)15(17-12)24(2,22)23/h5-6,8-10H,3-4,7H2,1-2H3,(H,16,19)(H,20,21). The molecule has 130 valence electrons. The van der Waals surface area contributed by atoms with Crippen LogP contribution >= 0.6 is 0 Å². The first-order valence-corrected chi connectivity index (χ1v) is 9.35. The maximum absolute atomic E-state index is 12.4. The number of nitrogens with zero attached hydrogens (tertiary/aromatic N) is 2. The van der Waals surface area contributed by atoms with Gasteiger partial charge in [0.2, 0.25) is 15.0 Å². The van der Waals surface area contributed by atoms with Gasteiger partial charge in [0.1, 0.15) is 6.04 Å². The Labute approximate surface area is 139 Å². The number of hydrogen-bond donors (Lipinski definition) is 2. The number of carbonyl (C=O) groups excluding carboxylic acids is 1. The normalized spacial score (nSPS) is 12.9. The molecule has 2 rings (SSSR count). The second kappa shape index (κ2) is 7.00. The van der Waals surface area contributed by atoms with E-state index in [9.17, 15) is 23.1 Å². The van der Waals surface area contributed by atoms with E-state index in [1.54, 1.807) is 18.2 Å². The molecule has 0 radical (unpaired) electrons. The van der Waals surface area contributed by atoms with Gasteiger partial charge in [-0.05, 0) is 18.6 Å². The lowest BCUT2D eigenvalue weighted by atomic mass is 10.1. The van der Waals surface area contributed by atoms with E-state index in [0.29, 0.717) is 18.4 Å². The van der Waals surface area contributed by atoms with Crippen LogP contribution in [0.4, 0.5) is 0 Å². The zero-order chi connectivity index (χ0) is 17.9. The molecule has 1 unspecified atom stereocenters. The monoisotopic (exact) mass is 353 g/mol. The number of rotatable bonds is 7. The van der Waals surface area contributed by atoms with Crippen LogP contribution in [0.15, 0.2) is 29.6 Å². The summed E-state index contributed by atoms with van der Waals surface area (Å²) < 4.78 is 25.0. The fourth-order valence-electron chi connectivity index (χ4n) is 2.33. The van der Waals surface area contributed by atoms with Gasteiger partial charge in [0, 0.05) is 12.5 Å². The van der Waals surface area contributed by atoms with Crippen LogP contribution in [0.1, 0.15) is 36.7 Å². The molecule has 0 saturated carbocycles. The van der Waals surface area contributed by atoms with Crippen molar-refractivity contribution in [2.24, 2.45) is 0 Å². The molecule has 8 nitrogen and oxygen atoms in total. The number of amides is 1. The average Bonchev–Trinajstić information content (AvgIpc) is 2.90. The van der Waals surface area contributed by atoms with E-state index in [-0.39, 0.29) is 10.9 Å². The SMILES string of the molecule is CCCCC(NC(=O)c1nc(S(C)(=O)=O)n2ccccc12)C(=O)O. The molecule has 0 spiro atoms. The first kappa shape index (κ1) is 17.9. The van der Waals surface area contributed by atoms with Gasteiger partial charge in [-0.15, -0.1) is 0 Å². The van der Waals surface area contributed by atoms with E-state index in [4.69, 9.17) is 0 Å². The van der Waals surface area contributed by atoms with E-state index in [0.717, 1.165) is 12.7 Å². The number of aliphatic carboxylic acids is 1. The molecule has 0 aliphatic carbocycles. The Kier molecular flexibility index (Phi) is 5.23. The Morgan fingerprint density at radius 1 is 1.38 bits per heavy atom. The molecular weight excluding hydrogens is 334 g/mol. The van der Waals surface area contributed by atoms with Crippen LogP contribution in [0.3, 0.4) is 0 Å². The average molecular weight is 353 g/mol. The molecule has 0 aliphatic heterocycles. The highest BCUT2D eigenvalue weighted by Gasteiger charge is 2.26. The summed E-state index contributed by atoms with van der Waals surface area (Å²) >= 11 is 0. The van der Waals surface area contributed by atoms with Crippen molar-refractivity contribution in [2.45, 2.75) is 37.4 Å². The Hall–Kier alpha value is -2.42. The number of fused-ring (bicyclic) bond motifs is 1. The fraction of sp³-hybridized carbons (Fsp3) is 0.400. The number of nitrogens with one attached hydrogen (secondary N) is 1. The number of unbranched alkanes of at least 4 members (excludes halogenated alkanes) is 1. The molecular formula is C15H19N3O5S. The summed E-state index contributed by atoms with van der Waals surface area (Å²) in [5.74, 6) is -1.85. The van der Waals surface area contributed by atoms with E-state index in [1.165, 1.54) is 10.6 Å². The van der Waals surface area contributed by atoms with Crippen LogP contribution in [0.25, 0.3) is 5.52 Å². The molecule has 2 N–H and O–H groups in total. The molecule has 2 aromatic heterocycles. The summed E-state index contributed by atoms with van der Waals surface area (Å²) in [6.45, 7) is 1.92. The minimum absolute atomic E-state index is 0.112. The fourth-order valence-corrected chi connectivity index (χ4v) is 3.10. The van der Waals surface area contributed by atoms with Crippen molar-refractivity contribution in [1.29, 1.82) is 0 Å². The summed E-state index contributed by atoms with van der Waals surface area (Å²) in [6.07, 6.45) is 4.22. The molecule has 0 aromatic carbocycles. The van der Waals surface area contributed by atoms with Gasteiger partial charge < -0.3 is 10.4 Å². The van der Waals surface area contributed by atoms with Crippen LogP contribution in [-0.4, -0.2) is 47.1 Å². The molecule has 0 bridgehead atoms. The zero-order valence-electron chi connectivity index (χ0n) is 13.4. The predicted molar refractivity (Wildman–Crippen MR) is 86.7 cm³/mol. The first-order valence-electron chi connectivity index (χ1n) is 7.46. The topological polar surface area (TPSA) is 118 Å². The number of aromatic nitrogens is 2. The summed E-state index contributed by atoms with van der Waals surface area (Å²) in [5, 5.41) is 11.4. The molecule has 1 atom stereocenters. The smallest absolute Gasteiger partial charge is 0.326 e. The number of carboxylic acids is 1. The molecule has 9 heteroatoms. The number of hydrogen-bond acceptors (Lipinski definition) is 5. The van der Waals surface area contributed by atoms with Gasteiger partial charge >= 0.3 is 5.97 Å². The Balaban J connectivity index is 2.41. The van der Waals surface area contributed by atoms with Gasteiger partial charge in [-0.25, -0.2) is 18.2 Å². The maximum Gasteiger partial charge on any atom is 0.326 e. The summed E-state index contributed by atoms with van der Waals surface area (Å²) in [4.78, 5) is 27.6. The second-order valence-corrected chi connectivity index (χ2v) is 7.39. The van der Waals surface area contributed by atoms with Crippen LogP contribution < -0.4 is 5.32 Å². The molecule has 1 amide bonds. The van der Waals surface area contributed by atoms with E-state index in [2.05, 4.69) is 10.3 Å². The minimum Gasteiger partial charge on any atom is -0.480 e. The van der Waals surface area contributed by atoms with Gasteiger partial charge in [-0.1, -0.05) is 25.8 Å². The highest BCUT2D eigenvalue weighted by Crippen LogP contribution is 2.17. The molecule has 2 heterocycles. The lowest BCUT2D eigenvalue weighted by Gasteiger charge is -2.13. The zero-order valence-corrected chi connectivity index (χ0v) is 14.2. The van der Waals surface area contributed by atoms with Crippen LogP contribution in [0.5, 0.6) is 0 Å². The van der Waals surface area contributed by atoms with Crippen LogP contribution in [0, 0.1) is 0 Å². The van der Waals surface area contributed by atoms with Crippen molar-refractivity contribution < 1.29 is 23.1 Å². The van der Waals surface area contributed by atoms with Gasteiger partial charge in [-0.3, -0.25) is 9.20 Å². The molecule has 24 heavy (non-hydrogen) atoms. The van der Waals surface area contributed by atoms with E-state index >= 15 is 0 Å². The van der Waals surface area contributed by atoms with Crippen molar-refractivity contribution in [3.05, 3.63) is 30.1 Å². The first-order chi connectivity index (χ1) is 11.3. The van der Waals surface area contributed by atoms with E-state index < -0.39 is 27.8 Å². The van der Waals surface area contributed by atoms with Crippen molar-refractivity contribution in [3.8, 4) is 0 Å². The maximum atomic E-state index is 12.4. The van der Waals surface area contributed by atoms with Crippen molar-refractivity contribution in [2.75, 3.05) is 6.26 Å².